The standard InChI is InChI=1S/C10H13F3N4O/c11-10(12,13)4-1-5-15-9(18)7-2-3-8(17-14)16-6-7/h2-3,6H,1,4-5,14H2,(H,15,18)(H,16,17). The summed E-state index contributed by atoms with van der Waals surface area (Å²) in [6.07, 6.45) is -3.97. The molecule has 0 bridgehead atoms. The average molecular weight is 262 g/mol. The second-order valence-corrected chi connectivity index (χ2v) is 3.55. The SMILES string of the molecule is NNc1ccc(C(=O)NCCCC(F)(F)F)cn1. The fraction of sp³-hybridized carbons (Fsp3) is 0.400. The van der Waals surface area contributed by atoms with Crippen LogP contribution in [0.1, 0.15) is 23.2 Å². The van der Waals surface area contributed by atoms with E-state index in [0.717, 1.165) is 0 Å². The highest BCUT2D eigenvalue weighted by Gasteiger charge is 2.25. The molecule has 1 rings (SSSR count). The number of amides is 1. The first-order valence-electron chi connectivity index (χ1n) is 5.20. The van der Waals surface area contributed by atoms with Gasteiger partial charge in [0, 0.05) is 19.2 Å². The van der Waals surface area contributed by atoms with Gasteiger partial charge in [0.15, 0.2) is 0 Å². The minimum atomic E-state index is -4.19. The van der Waals surface area contributed by atoms with Gasteiger partial charge in [-0.25, -0.2) is 10.8 Å². The number of anilines is 1. The number of rotatable bonds is 5. The first-order valence-corrected chi connectivity index (χ1v) is 5.20. The maximum Gasteiger partial charge on any atom is 0.389 e. The highest BCUT2D eigenvalue weighted by Crippen LogP contribution is 2.20. The fourth-order valence-corrected chi connectivity index (χ4v) is 1.21. The van der Waals surface area contributed by atoms with Gasteiger partial charge < -0.3 is 10.7 Å². The van der Waals surface area contributed by atoms with E-state index >= 15 is 0 Å². The molecule has 0 atom stereocenters. The molecule has 0 aliphatic heterocycles. The molecule has 5 nitrogen and oxygen atoms in total. The van der Waals surface area contributed by atoms with Crippen molar-refractivity contribution in [1.82, 2.24) is 10.3 Å². The Morgan fingerprint density at radius 1 is 1.39 bits per heavy atom. The number of aromatic nitrogens is 1. The summed E-state index contributed by atoms with van der Waals surface area (Å²) < 4.78 is 35.5. The molecule has 0 radical (unpaired) electrons. The first-order chi connectivity index (χ1) is 8.42. The number of hydrazine groups is 1. The summed E-state index contributed by atoms with van der Waals surface area (Å²) >= 11 is 0. The number of nitrogens with one attached hydrogen (secondary N) is 2. The Morgan fingerprint density at radius 3 is 2.61 bits per heavy atom. The molecule has 1 amide bonds. The molecular weight excluding hydrogens is 249 g/mol. The Bertz CT molecular complexity index is 391. The van der Waals surface area contributed by atoms with Crippen molar-refractivity contribution in [3.05, 3.63) is 23.9 Å². The molecule has 1 aromatic heterocycles. The third kappa shape index (κ3) is 5.00. The number of alkyl halides is 3. The Kier molecular flexibility index (Phi) is 4.90. The van der Waals surface area contributed by atoms with Crippen LogP contribution in [0.3, 0.4) is 0 Å². The number of hydrogen-bond donors (Lipinski definition) is 3. The molecule has 0 spiro atoms. The van der Waals surface area contributed by atoms with E-state index in [9.17, 15) is 18.0 Å². The van der Waals surface area contributed by atoms with Crippen molar-refractivity contribution in [2.75, 3.05) is 12.0 Å². The van der Waals surface area contributed by atoms with E-state index in [2.05, 4.69) is 15.7 Å². The molecule has 4 N–H and O–H groups in total. The zero-order valence-corrected chi connectivity index (χ0v) is 9.42. The zero-order valence-electron chi connectivity index (χ0n) is 9.42. The number of nitrogen functional groups attached to an aromatic ring is 1. The predicted octanol–water partition coefficient (Wildman–Crippen LogP) is 1.44. The smallest absolute Gasteiger partial charge is 0.352 e. The van der Waals surface area contributed by atoms with E-state index in [4.69, 9.17) is 5.84 Å². The summed E-state index contributed by atoms with van der Waals surface area (Å²) in [5.41, 5.74) is 2.56. The number of hydrogen-bond acceptors (Lipinski definition) is 4. The minimum absolute atomic E-state index is 0.0325. The van der Waals surface area contributed by atoms with Gasteiger partial charge in [-0.15, -0.1) is 0 Å². The molecule has 0 saturated heterocycles. The summed E-state index contributed by atoms with van der Waals surface area (Å²) in [6.45, 7) is -0.0325. The van der Waals surface area contributed by atoms with Crippen molar-refractivity contribution in [2.24, 2.45) is 5.84 Å². The Morgan fingerprint density at radius 2 is 2.11 bits per heavy atom. The number of nitrogens with zero attached hydrogens (tertiary/aromatic N) is 1. The lowest BCUT2D eigenvalue weighted by molar-refractivity contribution is -0.135. The van der Waals surface area contributed by atoms with Crippen LogP contribution in [0.2, 0.25) is 0 Å². The molecule has 0 aromatic carbocycles. The highest BCUT2D eigenvalue weighted by molar-refractivity contribution is 5.93. The summed E-state index contributed by atoms with van der Waals surface area (Å²) in [7, 11) is 0. The van der Waals surface area contributed by atoms with Crippen molar-refractivity contribution in [3.63, 3.8) is 0 Å². The molecule has 1 heterocycles. The average Bonchev–Trinajstić information content (AvgIpc) is 2.33. The van der Waals surface area contributed by atoms with Crippen LogP contribution in [0.5, 0.6) is 0 Å². The molecule has 8 heteroatoms. The Labute approximate surface area is 102 Å². The molecular formula is C10H13F3N4O. The van der Waals surface area contributed by atoms with Crippen molar-refractivity contribution in [3.8, 4) is 0 Å². The van der Waals surface area contributed by atoms with E-state index in [-0.39, 0.29) is 18.5 Å². The van der Waals surface area contributed by atoms with Crippen molar-refractivity contribution < 1.29 is 18.0 Å². The molecule has 1 aromatic rings. The summed E-state index contributed by atoms with van der Waals surface area (Å²) in [6, 6.07) is 2.96. The molecule has 0 aliphatic carbocycles. The van der Waals surface area contributed by atoms with Gasteiger partial charge in [0.1, 0.15) is 5.82 Å². The van der Waals surface area contributed by atoms with E-state index in [0.29, 0.717) is 5.82 Å². The lowest BCUT2D eigenvalue weighted by atomic mass is 10.2. The van der Waals surface area contributed by atoms with E-state index in [1.165, 1.54) is 18.3 Å². The summed E-state index contributed by atoms with van der Waals surface area (Å²) in [4.78, 5) is 15.3. The van der Waals surface area contributed by atoms with Crippen molar-refractivity contribution in [2.45, 2.75) is 19.0 Å². The topological polar surface area (TPSA) is 80.0 Å². The molecule has 18 heavy (non-hydrogen) atoms. The van der Waals surface area contributed by atoms with Gasteiger partial charge in [-0.3, -0.25) is 4.79 Å². The van der Waals surface area contributed by atoms with Gasteiger partial charge in [-0.1, -0.05) is 0 Å². The summed E-state index contributed by atoms with van der Waals surface area (Å²) in [5.74, 6) is 5.02. The first kappa shape index (κ1) is 14.2. The van der Waals surface area contributed by atoms with Crippen LogP contribution in [0, 0.1) is 0 Å². The molecule has 0 aliphatic rings. The molecule has 0 unspecified atom stereocenters. The second kappa shape index (κ2) is 6.20. The van der Waals surface area contributed by atoms with Gasteiger partial charge in [-0.2, -0.15) is 13.2 Å². The third-order valence-electron chi connectivity index (χ3n) is 2.10. The van der Waals surface area contributed by atoms with Gasteiger partial charge in [0.05, 0.1) is 5.56 Å². The minimum Gasteiger partial charge on any atom is -0.352 e. The second-order valence-electron chi connectivity index (χ2n) is 3.55. The Hall–Kier alpha value is -1.83. The van der Waals surface area contributed by atoms with Crippen molar-refractivity contribution >= 4 is 11.7 Å². The van der Waals surface area contributed by atoms with Crippen LogP contribution >= 0.6 is 0 Å². The van der Waals surface area contributed by atoms with Gasteiger partial charge in [0.25, 0.3) is 5.91 Å². The maximum absolute atomic E-state index is 11.8. The lowest BCUT2D eigenvalue weighted by Gasteiger charge is -2.07. The van der Waals surface area contributed by atoms with Crippen LogP contribution in [-0.2, 0) is 0 Å². The number of carbonyl (C=O) groups excluding carboxylic acids is 1. The molecule has 100 valence electrons. The van der Waals surface area contributed by atoms with Gasteiger partial charge in [-0.05, 0) is 18.6 Å². The molecule has 0 fully saturated rings. The number of pyridine rings is 1. The largest absolute Gasteiger partial charge is 0.389 e. The van der Waals surface area contributed by atoms with Crippen LogP contribution in [0.4, 0.5) is 19.0 Å². The van der Waals surface area contributed by atoms with Crippen LogP contribution in [0.15, 0.2) is 18.3 Å². The Balaban J connectivity index is 2.36. The van der Waals surface area contributed by atoms with Crippen LogP contribution in [0.25, 0.3) is 0 Å². The van der Waals surface area contributed by atoms with Crippen LogP contribution < -0.4 is 16.6 Å². The number of halogens is 3. The van der Waals surface area contributed by atoms with Gasteiger partial charge >= 0.3 is 6.18 Å². The maximum atomic E-state index is 11.8. The van der Waals surface area contributed by atoms with Crippen molar-refractivity contribution in [1.29, 1.82) is 0 Å². The van der Waals surface area contributed by atoms with Gasteiger partial charge in [0.2, 0.25) is 0 Å². The normalized spacial score (nSPS) is 11.1. The third-order valence-corrected chi connectivity index (χ3v) is 2.10. The lowest BCUT2D eigenvalue weighted by Crippen LogP contribution is -2.25. The number of carbonyl (C=O) groups is 1. The van der Waals surface area contributed by atoms with Crippen LogP contribution in [-0.4, -0.2) is 23.6 Å². The monoisotopic (exact) mass is 262 g/mol. The highest BCUT2D eigenvalue weighted by atomic mass is 19.4. The molecule has 0 saturated carbocycles. The quantitative estimate of drug-likeness (QED) is 0.426. The van der Waals surface area contributed by atoms with E-state index < -0.39 is 18.5 Å². The fourth-order valence-electron chi connectivity index (χ4n) is 1.21. The van der Waals surface area contributed by atoms with E-state index in [1.54, 1.807) is 0 Å². The number of nitrogens with two attached hydrogens (primary N) is 1. The van der Waals surface area contributed by atoms with E-state index in [1.807, 2.05) is 0 Å². The zero-order chi connectivity index (χ0) is 13.6. The summed E-state index contributed by atoms with van der Waals surface area (Å²) in [5, 5.41) is 2.38. The predicted molar refractivity (Wildman–Crippen MR) is 59.7 cm³/mol.